The molecular formula is C24H32FIN4OS. The van der Waals surface area contributed by atoms with Crippen molar-refractivity contribution in [1.82, 2.24) is 15.5 Å². The standard InChI is InChI=1S/C24H31FN4OS.HI/c1-3-26-24(28-15-19-10-11-22(25)13-21(19)17-31-2)27-14-18-7-4-5-8-20(18)16-29-12-6-9-23(29)30;/h4-5,7-8,10-11,13H,3,6,9,12,14-17H2,1-2H3,(H2,26,27,28);1H. The number of hydrogen-bond acceptors (Lipinski definition) is 3. The Bertz CT molecular complexity index is 925. The number of guanidine groups is 1. The van der Waals surface area contributed by atoms with Gasteiger partial charge in [-0.3, -0.25) is 4.79 Å². The van der Waals surface area contributed by atoms with Gasteiger partial charge in [0.1, 0.15) is 5.82 Å². The minimum atomic E-state index is -0.207. The molecule has 2 N–H and O–H groups in total. The molecule has 3 rings (SSSR count). The molecular weight excluding hydrogens is 538 g/mol. The number of hydrogen-bond donors (Lipinski definition) is 2. The van der Waals surface area contributed by atoms with Crippen LogP contribution in [0.3, 0.4) is 0 Å². The van der Waals surface area contributed by atoms with E-state index in [0.717, 1.165) is 47.5 Å². The van der Waals surface area contributed by atoms with Crippen LogP contribution in [0.1, 0.15) is 42.0 Å². The molecule has 174 valence electrons. The number of thioether (sulfide) groups is 1. The summed E-state index contributed by atoms with van der Waals surface area (Å²) >= 11 is 1.68. The Morgan fingerprint density at radius 2 is 1.91 bits per heavy atom. The molecule has 0 atom stereocenters. The molecule has 1 saturated heterocycles. The van der Waals surface area contributed by atoms with Gasteiger partial charge in [-0.05, 0) is 54.0 Å². The highest BCUT2D eigenvalue weighted by Gasteiger charge is 2.20. The average molecular weight is 571 g/mol. The highest BCUT2D eigenvalue weighted by Crippen LogP contribution is 2.18. The summed E-state index contributed by atoms with van der Waals surface area (Å²) in [5.74, 6) is 1.51. The fraction of sp³-hybridized carbons (Fsp3) is 0.417. The number of rotatable bonds is 9. The van der Waals surface area contributed by atoms with Gasteiger partial charge in [0.15, 0.2) is 5.96 Å². The maximum Gasteiger partial charge on any atom is 0.222 e. The van der Waals surface area contributed by atoms with E-state index in [1.165, 1.54) is 6.07 Å². The van der Waals surface area contributed by atoms with Gasteiger partial charge in [-0.2, -0.15) is 11.8 Å². The Labute approximate surface area is 211 Å². The molecule has 2 aromatic rings. The topological polar surface area (TPSA) is 56.7 Å². The highest BCUT2D eigenvalue weighted by molar-refractivity contribution is 14.0. The number of nitrogens with one attached hydrogen (secondary N) is 2. The van der Waals surface area contributed by atoms with Crippen LogP contribution in [0.4, 0.5) is 4.39 Å². The third-order valence-corrected chi connectivity index (χ3v) is 5.92. The Hall–Kier alpha value is -1.81. The van der Waals surface area contributed by atoms with Crippen LogP contribution in [0, 0.1) is 5.82 Å². The molecule has 0 bridgehead atoms. The molecule has 0 aliphatic carbocycles. The minimum absolute atomic E-state index is 0. The van der Waals surface area contributed by atoms with E-state index in [2.05, 4.69) is 22.8 Å². The van der Waals surface area contributed by atoms with E-state index < -0.39 is 0 Å². The molecule has 0 spiro atoms. The normalized spacial score (nSPS) is 13.8. The summed E-state index contributed by atoms with van der Waals surface area (Å²) in [4.78, 5) is 18.7. The number of amides is 1. The molecule has 1 heterocycles. The van der Waals surface area contributed by atoms with Crippen LogP contribution in [0.5, 0.6) is 0 Å². The number of nitrogens with zero attached hydrogens (tertiary/aromatic N) is 2. The second-order valence-electron chi connectivity index (χ2n) is 7.58. The van der Waals surface area contributed by atoms with Gasteiger partial charge in [0, 0.05) is 38.4 Å². The van der Waals surface area contributed by atoms with Crippen molar-refractivity contribution >= 4 is 47.6 Å². The number of aliphatic imine (C=N–C) groups is 1. The van der Waals surface area contributed by atoms with Gasteiger partial charge in [-0.25, -0.2) is 9.38 Å². The van der Waals surface area contributed by atoms with E-state index in [1.807, 2.05) is 36.3 Å². The van der Waals surface area contributed by atoms with Crippen LogP contribution in [-0.2, 0) is 30.2 Å². The third-order valence-electron chi connectivity index (χ3n) is 5.32. The molecule has 8 heteroatoms. The van der Waals surface area contributed by atoms with Crippen molar-refractivity contribution in [3.63, 3.8) is 0 Å². The van der Waals surface area contributed by atoms with Gasteiger partial charge in [0.25, 0.3) is 0 Å². The molecule has 0 aromatic heterocycles. The lowest BCUT2D eigenvalue weighted by atomic mass is 10.1. The first-order valence-electron chi connectivity index (χ1n) is 10.7. The quantitative estimate of drug-likeness (QED) is 0.261. The molecule has 0 radical (unpaired) electrons. The monoisotopic (exact) mass is 570 g/mol. The van der Waals surface area contributed by atoms with Gasteiger partial charge < -0.3 is 15.5 Å². The summed E-state index contributed by atoms with van der Waals surface area (Å²) in [6.45, 7) is 5.34. The van der Waals surface area contributed by atoms with Gasteiger partial charge >= 0.3 is 0 Å². The smallest absolute Gasteiger partial charge is 0.222 e. The summed E-state index contributed by atoms with van der Waals surface area (Å²) in [6, 6.07) is 13.1. The predicted molar refractivity (Wildman–Crippen MR) is 142 cm³/mol. The molecule has 5 nitrogen and oxygen atoms in total. The lowest BCUT2D eigenvalue weighted by Gasteiger charge is -2.18. The SMILES string of the molecule is CCNC(=NCc1ccccc1CN1CCCC1=O)NCc1ccc(F)cc1CSC.I. The molecule has 1 aliphatic heterocycles. The van der Waals surface area contributed by atoms with Crippen LogP contribution in [0.25, 0.3) is 0 Å². The van der Waals surface area contributed by atoms with E-state index in [1.54, 1.807) is 17.8 Å². The Kier molecular flexibility index (Phi) is 11.3. The number of carbonyl (C=O) groups is 1. The summed E-state index contributed by atoms with van der Waals surface area (Å²) < 4.78 is 13.6. The second kappa shape index (κ2) is 13.7. The van der Waals surface area contributed by atoms with Gasteiger partial charge in [0.2, 0.25) is 5.91 Å². The third kappa shape index (κ3) is 7.65. The van der Waals surface area contributed by atoms with Crippen molar-refractivity contribution in [1.29, 1.82) is 0 Å². The van der Waals surface area contributed by atoms with Crippen molar-refractivity contribution in [2.75, 3.05) is 19.3 Å². The molecule has 0 unspecified atom stereocenters. The van der Waals surface area contributed by atoms with Crippen LogP contribution < -0.4 is 10.6 Å². The number of benzene rings is 2. The van der Waals surface area contributed by atoms with Crippen molar-refractivity contribution in [3.8, 4) is 0 Å². The first kappa shape index (κ1) is 26.4. The fourth-order valence-electron chi connectivity index (χ4n) is 3.68. The fourth-order valence-corrected chi connectivity index (χ4v) is 4.26. The molecule has 1 amide bonds. The summed E-state index contributed by atoms with van der Waals surface area (Å²) in [6.07, 6.45) is 3.60. The largest absolute Gasteiger partial charge is 0.357 e. The van der Waals surface area contributed by atoms with Gasteiger partial charge in [-0.15, -0.1) is 24.0 Å². The maximum absolute atomic E-state index is 13.6. The van der Waals surface area contributed by atoms with E-state index in [4.69, 9.17) is 4.99 Å². The molecule has 0 saturated carbocycles. The first-order chi connectivity index (χ1) is 15.1. The van der Waals surface area contributed by atoms with Crippen LogP contribution in [0.15, 0.2) is 47.5 Å². The van der Waals surface area contributed by atoms with Crippen LogP contribution >= 0.6 is 35.7 Å². The maximum atomic E-state index is 13.6. The lowest BCUT2D eigenvalue weighted by Crippen LogP contribution is -2.37. The van der Waals surface area contributed by atoms with E-state index in [0.29, 0.717) is 32.0 Å². The second-order valence-corrected chi connectivity index (χ2v) is 8.45. The van der Waals surface area contributed by atoms with Crippen molar-refractivity contribution in [3.05, 3.63) is 70.5 Å². The Morgan fingerprint density at radius 3 is 2.59 bits per heavy atom. The zero-order valence-electron chi connectivity index (χ0n) is 18.7. The summed E-state index contributed by atoms with van der Waals surface area (Å²) in [5.41, 5.74) is 4.31. The van der Waals surface area contributed by atoms with Crippen molar-refractivity contribution < 1.29 is 9.18 Å². The lowest BCUT2D eigenvalue weighted by molar-refractivity contribution is -0.128. The molecule has 1 aliphatic rings. The summed E-state index contributed by atoms with van der Waals surface area (Å²) in [7, 11) is 0. The van der Waals surface area contributed by atoms with E-state index in [-0.39, 0.29) is 35.7 Å². The van der Waals surface area contributed by atoms with Gasteiger partial charge in [-0.1, -0.05) is 30.3 Å². The summed E-state index contributed by atoms with van der Waals surface area (Å²) in [5, 5.41) is 6.65. The van der Waals surface area contributed by atoms with Gasteiger partial charge in [0.05, 0.1) is 6.54 Å². The zero-order chi connectivity index (χ0) is 22.1. The number of halogens is 2. The van der Waals surface area contributed by atoms with E-state index >= 15 is 0 Å². The number of carbonyl (C=O) groups excluding carboxylic acids is 1. The Morgan fingerprint density at radius 1 is 1.12 bits per heavy atom. The van der Waals surface area contributed by atoms with Crippen molar-refractivity contribution in [2.45, 2.75) is 45.2 Å². The predicted octanol–water partition coefficient (Wildman–Crippen LogP) is 4.68. The number of likely N-dealkylation sites (tertiary alicyclic amines) is 1. The van der Waals surface area contributed by atoms with Crippen LogP contribution in [0.2, 0.25) is 0 Å². The molecule has 2 aromatic carbocycles. The Balaban J connectivity index is 0.00000363. The zero-order valence-corrected chi connectivity index (χ0v) is 21.8. The van der Waals surface area contributed by atoms with E-state index in [9.17, 15) is 9.18 Å². The molecule has 1 fully saturated rings. The highest BCUT2D eigenvalue weighted by atomic mass is 127. The molecule has 32 heavy (non-hydrogen) atoms. The average Bonchev–Trinajstić information content (AvgIpc) is 3.17. The van der Waals surface area contributed by atoms with Crippen LogP contribution in [-0.4, -0.2) is 36.1 Å². The first-order valence-corrected chi connectivity index (χ1v) is 12.1. The van der Waals surface area contributed by atoms with Crippen molar-refractivity contribution in [2.24, 2.45) is 4.99 Å². The minimum Gasteiger partial charge on any atom is -0.357 e.